The minimum Gasteiger partial charge on any atom is -0.330 e. The molecule has 5 nitrogen and oxygen atoms in total. The van der Waals surface area contributed by atoms with Crippen LogP contribution in [0.5, 0.6) is 0 Å². The quantitative estimate of drug-likeness (QED) is 0.624. The van der Waals surface area contributed by atoms with E-state index in [1.807, 2.05) is 12.2 Å². The van der Waals surface area contributed by atoms with Crippen LogP contribution >= 0.6 is 0 Å². The molecule has 1 N–H and O–H groups in total. The molecule has 1 aromatic rings. The maximum atomic E-state index is 11.7. The van der Waals surface area contributed by atoms with E-state index >= 15 is 0 Å². The fraction of sp³-hybridized carbons (Fsp3) is 0.222. The summed E-state index contributed by atoms with van der Waals surface area (Å²) in [4.78, 5) is 30.2. The predicted molar refractivity (Wildman–Crippen MR) is 49.9 cm³/mol. The number of rotatable bonds is 1. The fourth-order valence-electron chi connectivity index (χ4n) is 1.27. The van der Waals surface area contributed by atoms with E-state index in [1.54, 1.807) is 4.90 Å². The fourth-order valence-corrected chi connectivity index (χ4v) is 1.27. The van der Waals surface area contributed by atoms with Gasteiger partial charge < -0.3 is 9.88 Å². The Morgan fingerprint density at radius 3 is 2.71 bits per heavy atom. The summed E-state index contributed by atoms with van der Waals surface area (Å²) in [5.74, 6) is -0.161. The molecule has 5 heteroatoms. The molecular weight excluding hydrogens is 182 g/mol. The highest BCUT2D eigenvalue weighted by molar-refractivity contribution is 5.92. The van der Waals surface area contributed by atoms with E-state index < -0.39 is 0 Å². The van der Waals surface area contributed by atoms with Gasteiger partial charge in [-0.25, -0.2) is 4.98 Å². The molecule has 1 amide bonds. The van der Waals surface area contributed by atoms with Gasteiger partial charge in [-0.3, -0.25) is 9.59 Å². The van der Waals surface area contributed by atoms with Gasteiger partial charge in [-0.1, -0.05) is 12.2 Å². The van der Waals surface area contributed by atoms with E-state index in [9.17, 15) is 9.59 Å². The summed E-state index contributed by atoms with van der Waals surface area (Å²) < 4.78 is 0. The van der Waals surface area contributed by atoms with Crippen molar-refractivity contribution < 1.29 is 4.79 Å². The molecule has 0 bridgehead atoms. The van der Waals surface area contributed by atoms with Crippen molar-refractivity contribution in [3.05, 3.63) is 40.6 Å². The first-order chi connectivity index (χ1) is 6.77. The van der Waals surface area contributed by atoms with E-state index in [4.69, 9.17) is 0 Å². The lowest BCUT2D eigenvalue weighted by molar-refractivity contribution is 0.0793. The van der Waals surface area contributed by atoms with Crippen LogP contribution in [0.15, 0.2) is 29.3 Å². The Kier molecular flexibility index (Phi) is 2.14. The summed E-state index contributed by atoms with van der Waals surface area (Å²) in [7, 11) is 0. The Labute approximate surface area is 80.1 Å². The summed E-state index contributed by atoms with van der Waals surface area (Å²) in [6.07, 6.45) is 6.28. The molecule has 1 aliphatic rings. The van der Waals surface area contributed by atoms with Crippen molar-refractivity contribution in [2.75, 3.05) is 13.1 Å². The number of aromatic amines is 1. The van der Waals surface area contributed by atoms with Crippen LogP contribution in [-0.4, -0.2) is 33.9 Å². The molecule has 0 saturated heterocycles. The lowest BCUT2D eigenvalue weighted by Gasteiger charge is -2.13. The third kappa shape index (κ3) is 1.56. The Morgan fingerprint density at radius 2 is 2.14 bits per heavy atom. The maximum Gasteiger partial charge on any atom is 0.274 e. The monoisotopic (exact) mass is 191 g/mol. The second-order valence-corrected chi connectivity index (χ2v) is 2.98. The number of hydrogen-bond acceptors (Lipinski definition) is 3. The molecule has 0 aliphatic carbocycles. The zero-order valence-corrected chi connectivity index (χ0v) is 7.43. The zero-order chi connectivity index (χ0) is 9.97. The molecule has 72 valence electrons. The molecule has 2 rings (SSSR count). The van der Waals surface area contributed by atoms with Gasteiger partial charge in [0.2, 0.25) is 0 Å². The van der Waals surface area contributed by atoms with E-state index in [1.165, 1.54) is 6.20 Å². The molecule has 0 atom stereocenters. The van der Waals surface area contributed by atoms with Gasteiger partial charge >= 0.3 is 0 Å². The summed E-state index contributed by atoms with van der Waals surface area (Å²) in [6.45, 7) is 1.22. The number of hydrogen-bond donors (Lipinski definition) is 1. The van der Waals surface area contributed by atoms with E-state index in [0.717, 1.165) is 6.20 Å². The average Bonchev–Trinajstić information content (AvgIpc) is 2.71. The molecule has 0 radical (unpaired) electrons. The van der Waals surface area contributed by atoms with E-state index in [0.29, 0.717) is 13.1 Å². The lowest BCUT2D eigenvalue weighted by Crippen LogP contribution is -2.29. The lowest BCUT2D eigenvalue weighted by atomic mass is 10.4. The van der Waals surface area contributed by atoms with Crippen molar-refractivity contribution in [2.24, 2.45) is 0 Å². The highest BCUT2D eigenvalue weighted by Gasteiger charge is 2.17. The molecule has 14 heavy (non-hydrogen) atoms. The summed E-state index contributed by atoms with van der Waals surface area (Å²) in [5.41, 5.74) is -0.0330. The zero-order valence-electron chi connectivity index (χ0n) is 7.43. The van der Waals surface area contributed by atoms with Crippen LogP contribution in [0.2, 0.25) is 0 Å². The second-order valence-electron chi connectivity index (χ2n) is 2.98. The van der Waals surface area contributed by atoms with Gasteiger partial charge in [-0.15, -0.1) is 0 Å². The number of amides is 1. The van der Waals surface area contributed by atoms with Gasteiger partial charge in [-0.2, -0.15) is 0 Å². The van der Waals surface area contributed by atoms with Gasteiger partial charge in [0.15, 0.2) is 0 Å². The van der Waals surface area contributed by atoms with Crippen molar-refractivity contribution in [2.45, 2.75) is 0 Å². The van der Waals surface area contributed by atoms with E-state index in [-0.39, 0.29) is 17.2 Å². The molecular formula is C9H9N3O2. The summed E-state index contributed by atoms with van der Waals surface area (Å²) in [6, 6.07) is 0. The van der Waals surface area contributed by atoms with Crippen LogP contribution in [0.3, 0.4) is 0 Å². The Balaban J connectivity index is 2.18. The number of carbonyl (C=O) groups excluding carboxylic acids is 1. The topological polar surface area (TPSA) is 66.1 Å². The molecule has 0 unspecified atom stereocenters. The first-order valence-electron chi connectivity index (χ1n) is 4.26. The number of carbonyl (C=O) groups is 1. The highest BCUT2D eigenvalue weighted by Crippen LogP contribution is 2.03. The minimum absolute atomic E-state index is 0.161. The highest BCUT2D eigenvalue weighted by atomic mass is 16.2. The molecule has 1 aliphatic heterocycles. The summed E-state index contributed by atoms with van der Waals surface area (Å²) >= 11 is 0. The van der Waals surface area contributed by atoms with Crippen molar-refractivity contribution in [1.29, 1.82) is 0 Å². The Hall–Kier alpha value is -1.91. The maximum absolute atomic E-state index is 11.7. The molecule has 0 spiro atoms. The van der Waals surface area contributed by atoms with Gasteiger partial charge in [0, 0.05) is 19.3 Å². The van der Waals surface area contributed by atoms with Crippen molar-refractivity contribution in [3.8, 4) is 0 Å². The minimum atomic E-state index is -0.305. The van der Waals surface area contributed by atoms with Crippen LogP contribution in [-0.2, 0) is 0 Å². The molecule has 2 heterocycles. The predicted octanol–water partition coefficient (Wildman–Crippen LogP) is -0.218. The first kappa shape index (κ1) is 8.68. The number of nitrogens with one attached hydrogen (secondary N) is 1. The van der Waals surface area contributed by atoms with Crippen LogP contribution in [0.4, 0.5) is 0 Å². The van der Waals surface area contributed by atoms with Gasteiger partial charge in [0.05, 0.1) is 6.20 Å². The van der Waals surface area contributed by atoms with Gasteiger partial charge in [0.25, 0.3) is 11.5 Å². The van der Waals surface area contributed by atoms with Crippen LogP contribution in [0, 0.1) is 0 Å². The van der Waals surface area contributed by atoms with Crippen molar-refractivity contribution in [1.82, 2.24) is 14.9 Å². The van der Waals surface area contributed by atoms with Gasteiger partial charge in [0.1, 0.15) is 5.69 Å². The third-order valence-corrected chi connectivity index (χ3v) is 2.00. The third-order valence-electron chi connectivity index (χ3n) is 2.00. The average molecular weight is 191 g/mol. The second kappa shape index (κ2) is 3.45. The molecule has 1 aromatic heterocycles. The van der Waals surface area contributed by atoms with Crippen LogP contribution < -0.4 is 5.56 Å². The largest absolute Gasteiger partial charge is 0.330 e. The number of aromatic nitrogens is 2. The van der Waals surface area contributed by atoms with Crippen LogP contribution in [0.25, 0.3) is 0 Å². The number of H-pyrrole nitrogens is 1. The van der Waals surface area contributed by atoms with Crippen molar-refractivity contribution >= 4 is 5.91 Å². The Morgan fingerprint density at radius 1 is 1.43 bits per heavy atom. The number of nitrogens with zero attached hydrogens (tertiary/aromatic N) is 2. The smallest absolute Gasteiger partial charge is 0.274 e. The SMILES string of the molecule is O=C(c1c[nH]c(=O)cn1)N1CC=CC1. The van der Waals surface area contributed by atoms with Gasteiger partial charge in [-0.05, 0) is 0 Å². The first-order valence-corrected chi connectivity index (χ1v) is 4.26. The van der Waals surface area contributed by atoms with E-state index in [2.05, 4.69) is 9.97 Å². The standard InChI is InChI=1S/C9H9N3O2/c13-8-6-10-7(5-11-8)9(14)12-3-1-2-4-12/h1-2,5-6H,3-4H2,(H,11,13). The van der Waals surface area contributed by atoms with Crippen LogP contribution in [0.1, 0.15) is 10.5 Å². The molecule has 0 saturated carbocycles. The molecule has 0 fully saturated rings. The van der Waals surface area contributed by atoms with Crippen molar-refractivity contribution in [3.63, 3.8) is 0 Å². The normalized spacial score (nSPS) is 14.7. The summed E-state index contributed by atoms with van der Waals surface area (Å²) in [5, 5.41) is 0. The molecule has 0 aromatic carbocycles. The Bertz CT molecular complexity index is 407.